The summed E-state index contributed by atoms with van der Waals surface area (Å²) in [6.07, 6.45) is 3.05. The topological polar surface area (TPSA) is 49.4 Å². The fraction of sp³-hybridized carbons (Fsp3) is 0.833. The molecule has 16 heavy (non-hydrogen) atoms. The average Bonchev–Trinajstić information content (AvgIpc) is 3.07. The Balaban J connectivity index is 2.17. The van der Waals surface area contributed by atoms with Gasteiger partial charge in [0.2, 0.25) is 11.8 Å². The van der Waals surface area contributed by atoms with Gasteiger partial charge in [-0.3, -0.25) is 9.59 Å². The Kier molecular flexibility index (Phi) is 2.91. The van der Waals surface area contributed by atoms with Gasteiger partial charge in [0.25, 0.3) is 0 Å². The van der Waals surface area contributed by atoms with Crippen LogP contribution in [0.5, 0.6) is 0 Å². The lowest BCUT2D eigenvalue weighted by Gasteiger charge is -2.41. The number of nitrogens with one attached hydrogen (secondary N) is 1. The molecule has 2 aliphatic rings. The van der Waals surface area contributed by atoms with Crippen LogP contribution in [-0.2, 0) is 9.59 Å². The lowest BCUT2D eigenvalue weighted by molar-refractivity contribution is -0.151. The molecule has 0 aromatic rings. The van der Waals surface area contributed by atoms with Crippen LogP contribution in [-0.4, -0.2) is 34.8 Å². The highest BCUT2D eigenvalue weighted by molar-refractivity contribution is 5.96. The molecule has 0 bridgehead atoms. The first-order chi connectivity index (χ1) is 7.56. The van der Waals surface area contributed by atoms with Crippen molar-refractivity contribution in [2.45, 2.75) is 58.2 Å². The third-order valence-electron chi connectivity index (χ3n) is 3.82. The molecule has 4 nitrogen and oxygen atoms in total. The van der Waals surface area contributed by atoms with Gasteiger partial charge >= 0.3 is 0 Å². The Hall–Kier alpha value is -1.06. The minimum Gasteiger partial charge on any atom is -0.343 e. The summed E-state index contributed by atoms with van der Waals surface area (Å²) in [7, 11) is 0. The zero-order valence-corrected chi connectivity index (χ0v) is 10.2. The molecule has 90 valence electrons. The lowest BCUT2D eigenvalue weighted by Crippen LogP contribution is -2.64. The standard InChI is InChI=1S/C12H20N2O2/c1-4-10-12(16)14(7(2)9-5-6-9)8(3)11(15)13-10/h7-10H,4-6H2,1-3H3,(H,13,15). The number of nitrogens with zero attached hydrogens (tertiary/aromatic N) is 1. The van der Waals surface area contributed by atoms with E-state index in [1.54, 1.807) is 4.90 Å². The maximum absolute atomic E-state index is 12.2. The van der Waals surface area contributed by atoms with Gasteiger partial charge in [-0.2, -0.15) is 0 Å². The van der Waals surface area contributed by atoms with E-state index in [-0.39, 0.29) is 29.9 Å². The summed E-state index contributed by atoms with van der Waals surface area (Å²) in [6.45, 7) is 5.81. The number of carbonyl (C=O) groups is 2. The zero-order chi connectivity index (χ0) is 11.9. The number of carbonyl (C=O) groups excluding carboxylic acids is 2. The first-order valence-electron chi connectivity index (χ1n) is 6.18. The van der Waals surface area contributed by atoms with Crippen LogP contribution in [0.1, 0.15) is 40.0 Å². The average molecular weight is 224 g/mol. The molecule has 1 aliphatic heterocycles. The van der Waals surface area contributed by atoms with Crippen molar-refractivity contribution < 1.29 is 9.59 Å². The molecule has 2 fully saturated rings. The highest BCUT2D eigenvalue weighted by Gasteiger charge is 2.43. The molecule has 2 rings (SSSR count). The highest BCUT2D eigenvalue weighted by atomic mass is 16.2. The summed E-state index contributed by atoms with van der Waals surface area (Å²) >= 11 is 0. The fourth-order valence-electron chi connectivity index (χ4n) is 2.49. The van der Waals surface area contributed by atoms with Crippen molar-refractivity contribution in [3.8, 4) is 0 Å². The molecule has 4 heteroatoms. The molecule has 0 spiro atoms. The van der Waals surface area contributed by atoms with Crippen LogP contribution in [0.4, 0.5) is 0 Å². The van der Waals surface area contributed by atoms with E-state index in [4.69, 9.17) is 0 Å². The molecular weight excluding hydrogens is 204 g/mol. The van der Waals surface area contributed by atoms with Crippen molar-refractivity contribution in [1.82, 2.24) is 10.2 Å². The molecule has 0 radical (unpaired) electrons. The van der Waals surface area contributed by atoms with Gasteiger partial charge in [-0.05, 0) is 39.0 Å². The largest absolute Gasteiger partial charge is 0.343 e. The van der Waals surface area contributed by atoms with E-state index in [1.807, 2.05) is 13.8 Å². The molecule has 1 N–H and O–H groups in total. The Labute approximate surface area is 96.4 Å². The molecule has 1 saturated heterocycles. The smallest absolute Gasteiger partial charge is 0.246 e. The van der Waals surface area contributed by atoms with Crippen LogP contribution in [0.25, 0.3) is 0 Å². The number of rotatable bonds is 3. The first-order valence-corrected chi connectivity index (χ1v) is 6.18. The van der Waals surface area contributed by atoms with E-state index in [1.165, 1.54) is 12.8 Å². The Bertz CT molecular complexity index is 312. The van der Waals surface area contributed by atoms with Gasteiger partial charge < -0.3 is 10.2 Å². The molecule has 0 aromatic heterocycles. The van der Waals surface area contributed by atoms with Crippen LogP contribution in [0, 0.1) is 5.92 Å². The Morgan fingerprint density at radius 3 is 2.56 bits per heavy atom. The molecule has 1 aliphatic carbocycles. The minimum atomic E-state index is -0.315. The normalized spacial score (nSPS) is 32.6. The SMILES string of the molecule is CCC1NC(=O)C(C)N(C(C)C2CC2)C1=O. The van der Waals surface area contributed by atoms with Gasteiger partial charge in [-0.25, -0.2) is 0 Å². The lowest BCUT2D eigenvalue weighted by atomic mass is 10.0. The van der Waals surface area contributed by atoms with Crippen LogP contribution in [0.15, 0.2) is 0 Å². The number of hydrogen-bond acceptors (Lipinski definition) is 2. The monoisotopic (exact) mass is 224 g/mol. The summed E-state index contributed by atoms with van der Waals surface area (Å²) in [6, 6.07) is -0.418. The summed E-state index contributed by atoms with van der Waals surface area (Å²) in [5.41, 5.74) is 0. The molecule has 1 saturated carbocycles. The van der Waals surface area contributed by atoms with Crippen molar-refractivity contribution in [3.05, 3.63) is 0 Å². The first kappa shape index (κ1) is 11.4. The summed E-state index contributed by atoms with van der Waals surface area (Å²) < 4.78 is 0. The third kappa shape index (κ3) is 1.81. The van der Waals surface area contributed by atoms with Crippen molar-refractivity contribution in [2.75, 3.05) is 0 Å². The second-order valence-electron chi connectivity index (χ2n) is 4.97. The van der Waals surface area contributed by atoms with Crippen molar-refractivity contribution in [3.63, 3.8) is 0 Å². The number of amides is 2. The second kappa shape index (κ2) is 4.07. The number of piperazine rings is 1. The molecule has 1 heterocycles. The van der Waals surface area contributed by atoms with Crippen LogP contribution >= 0.6 is 0 Å². The Morgan fingerprint density at radius 1 is 1.44 bits per heavy atom. The van der Waals surface area contributed by atoms with Gasteiger partial charge in [0.15, 0.2) is 0 Å². The van der Waals surface area contributed by atoms with Crippen molar-refractivity contribution >= 4 is 11.8 Å². The van der Waals surface area contributed by atoms with Gasteiger partial charge in [0, 0.05) is 6.04 Å². The third-order valence-corrected chi connectivity index (χ3v) is 3.82. The summed E-state index contributed by atoms with van der Waals surface area (Å²) in [5, 5.41) is 2.78. The van der Waals surface area contributed by atoms with E-state index < -0.39 is 0 Å². The van der Waals surface area contributed by atoms with Gasteiger partial charge in [-0.1, -0.05) is 6.92 Å². The van der Waals surface area contributed by atoms with E-state index in [0.29, 0.717) is 12.3 Å². The predicted molar refractivity (Wildman–Crippen MR) is 60.7 cm³/mol. The second-order valence-corrected chi connectivity index (χ2v) is 4.97. The predicted octanol–water partition coefficient (Wildman–Crippen LogP) is 0.910. The quantitative estimate of drug-likeness (QED) is 0.774. The highest BCUT2D eigenvalue weighted by Crippen LogP contribution is 2.36. The molecule has 3 unspecified atom stereocenters. The zero-order valence-electron chi connectivity index (χ0n) is 10.2. The van der Waals surface area contributed by atoms with Crippen LogP contribution in [0.2, 0.25) is 0 Å². The van der Waals surface area contributed by atoms with Crippen LogP contribution in [0.3, 0.4) is 0 Å². The van der Waals surface area contributed by atoms with Crippen LogP contribution < -0.4 is 5.32 Å². The van der Waals surface area contributed by atoms with E-state index in [9.17, 15) is 9.59 Å². The summed E-state index contributed by atoms with van der Waals surface area (Å²) in [4.78, 5) is 25.8. The van der Waals surface area contributed by atoms with Crippen molar-refractivity contribution in [1.29, 1.82) is 0 Å². The van der Waals surface area contributed by atoms with Gasteiger partial charge in [-0.15, -0.1) is 0 Å². The molecule has 0 aromatic carbocycles. The summed E-state index contributed by atoms with van der Waals surface area (Å²) in [5.74, 6) is 0.683. The van der Waals surface area contributed by atoms with Gasteiger partial charge in [0.1, 0.15) is 12.1 Å². The number of hydrogen-bond donors (Lipinski definition) is 1. The van der Waals surface area contributed by atoms with Gasteiger partial charge in [0.05, 0.1) is 0 Å². The molecular formula is C12H20N2O2. The molecule has 2 amide bonds. The maximum Gasteiger partial charge on any atom is 0.246 e. The van der Waals surface area contributed by atoms with Crippen molar-refractivity contribution in [2.24, 2.45) is 5.92 Å². The van der Waals surface area contributed by atoms with E-state index >= 15 is 0 Å². The fourth-order valence-corrected chi connectivity index (χ4v) is 2.49. The minimum absolute atomic E-state index is 0.0149. The maximum atomic E-state index is 12.2. The van der Waals surface area contributed by atoms with E-state index in [2.05, 4.69) is 12.2 Å². The molecule has 3 atom stereocenters. The van der Waals surface area contributed by atoms with E-state index in [0.717, 1.165) is 0 Å². The Morgan fingerprint density at radius 2 is 2.06 bits per heavy atom.